The Hall–Kier alpha value is -4.37. The number of nitrogens with zero attached hydrogens (tertiary/aromatic N) is 1. The van der Waals surface area contributed by atoms with Crippen LogP contribution in [0.4, 0.5) is 11.4 Å². The van der Waals surface area contributed by atoms with Crippen LogP contribution in [0.1, 0.15) is 11.1 Å². The summed E-state index contributed by atoms with van der Waals surface area (Å²) in [7, 11) is 0. The van der Waals surface area contributed by atoms with Crippen molar-refractivity contribution in [1.82, 2.24) is 4.98 Å². The number of nitrogens with one attached hydrogen (secondary N) is 1. The van der Waals surface area contributed by atoms with Crippen molar-refractivity contribution in [3.8, 4) is 33.5 Å². The summed E-state index contributed by atoms with van der Waals surface area (Å²) in [4.78, 5) is 4.65. The van der Waals surface area contributed by atoms with Gasteiger partial charge >= 0.3 is 0 Å². The Bertz CT molecular complexity index is 1740. The highest BCUT2D eigenvalue weighted by Crippen LogP contribution is 2.46. The molecule has 3 heteroatoms. The molecule has 3 nitrogen and oxygen atoms in total. The highest BCUT2D eigenvalue weighted by Gasteiger charge is 2.21. The van der Waals surface area contributed by atoms with Crippen molar-refractivity contribution in [2.45, 2.75) is 13.8 Å². The third-order valence-corrected chi connectivity index (χ3v) is 6.93. The van der Waals surface area contributed by atoms with Crippen LogP contribution in [0.25, 0.3) is 55.4 Å². The van der Waals surface area contributed by atoms with E-state index >= 15 is 0 Å². The number of benzene rings is 4. The number of hydrogen-bond donors (Lipinski definition) is 1. The first-order chi connectivity index (χ1) is 16.7. The largest absolute Gasteiger partial charge is 0.456 e. The quantitative estimate of drug-likeness (QED) is 0.279. The first-order valence-electron chi connectivity index (χ1n) is 11.6. The zero-order valence-corrected chi connectivity index (χ0v) is 19.0. The summed E-state index contributed by atoms with van der Waals surface area (Å²) in [6.45, 7) is 4.28. The van der Waals surface area contributed by atoms with Gasteiger partial charge in [-0.05, 0) is 66.4 Å². The van der Waals surface area contributed by atoms with E-state index in [9.17, 15) is 0 Å². The van der Waals surface area contributed by atoms with Crippen molar-refractivity contribution >= 4 is 33.3 Å². The van der Waals surface area contributed by atoms with Crippen LogP contribution < -0.4 is 5.32 Å². The molecule has 162 valence electrons. The zero-order valence-electron chi connectivity index (χ0n) is 19.0. The molecule has 0 saturated carbocycles. The third kappa shape index (κ3) is 2.80. The molecule has 7 rings (SSSR count). The Labute approximate surface area is 197 Å². The van der Waals surface area contributed by atoms with Gasteiger partial charge in [-0.1, -0.05) is 48.5 Å². The Balaban J connectivity index is 1.48. The van der Waals surface area contributed by atoms with E-state index in [1.165, 1.54) is 27.8 Å². The van der Waals surface area contributed by atoms with Crippen LogP contribution in [0, 0.1) is 13.8 Å². The van der Waals surface area contributed by atoms with Gasteiger partial charge in [-0.25, -0.2) is 0 Å². The Morgan fingerprint density at radius 2 is 1.47 bits per heavy atom. The zero-order chi connectivity index (χ0) is 22.8. The lowest BCUT2D eigenvalue weighted by molar-refractivity contribution is 0.669. The molecule has 1 N–H and O–H groups in total. The molecule has 4 aromatic carbocycles. The Kier molecular flexibility index (Phi) is 3.97. The second-order valence-corrected chi connectivity index (χ2v) is 9.08. The van der Waals surface area contributed by atoms with Crippen LogP contribution in [0.3, 0.4) is 0 Å². The van der Waals surface area contributed by atoms with Crippen LogP contribution in [0.15, 0.2) is 95.5 Å². The van der Waals surface area contributed by atoms with E-state index in [-0.39, 0.29) is 0 Å². The number of para-hydroxylation sites is 1. The van der Waals surface area contributed by atoms with Gasteiger partial charge in [0.2, 0.25) is 0 Å². The summed E-state index contributed by atoms with van der Waals surface area (Å²) in [5, 5.41) is 6.01. The topological polar surface area (TPSA) is 38.1 Å². The van der Waals surface area contributed by atoms with Crippen molar-refractivity contribution in [2.24, 2.45) is 0 Å². The molecule has 2 bridgehead atoms. The second kappa shape index (κ2) is 7.06. The molecular formula is C31H22N2O. The third-order valence-electron chi connectivity index (χ3n) is 6.93. The minimum absolute atomic E-state index is 0.892. The number of furan rings is 1. The number of aryl methyl sites for hydroxylation is 1. The van der Waals surface area contributed by atoms with Gasteiger partial charge in [-0.2, -0.15) is 0 Å². The molecule has 0 spiro atoms. The highest BCUT2D eigenvalue weighted by molar-refractivity contribution is 6.09. The van der Waals surface area contributed by atoms with Crippen molar-refractivity contribution in [3.63, 3.8) is 0 Å². The maximum absolute atomic E-state index is 6.20. The number of rotatable bonds is 1. The van der Waals surface area contributed by atoms with Crippen molar-refractivity contribution < 1.29 is 4.42 Å². The predicted molar refractivity (Wildman–Crippen MR) is 141 cm³/mol. The van der Waals surface area contributed by atoms with Crippen LogP contribution >= 0.6 is 0 Å². The summed E-state index contributed by atoms with van der Waals surface area (Å²) in [5.74, 6) is 0. The molecule has 0 atom stereocenters. The average Bonchev–Trinajstić information content (AvgIpc) is 3.22. The fourth-order valence-electron chi connectivity index (χ4n) is 5.14. The summed E-state index contributed by atoms with van der Waals surface area (Å²) >= 11 is 0. The van der Waals surface area contributed by atoms with E-state index in [4.69, 9.17) is 4.42 Å². The van der Waals surface area contributed by atoms with E-state index in [0.717, 1.165) is 50.1 Å². The van der Waals surface area contributed by atoms with Crippen molar-refractivity contribution in [3.05, 3.63) is 102 Å². The monoisotopic (exact) mass is 438 g/mol. The molecule has 0 saturated heterocycles. The van der Waals surface area contributed by atoms with E-state index in [1.807, 2.05) is 18.3 Å². The second-order valence-electron chi connectivity index (χ2n) is 9.08. The maximum Gasteiger partial charge on any atom is 0.137 e. The van der Waals surface area contributed by atoms with Crippen LogP contribution in [-0.4, -0.2) is 4.98 Å². The molecule has 6 aromatic rings. The smallest absolute Gasteiger partial charge is 0.137 e. The molecular weight excluding hydrogens is 416 g/mol. The molecule has 0 amide bonds. The van der Waals surface area contributed by atoms with E-state index in [0.29, 0.717) is 0 Å². The molecule has 34 heavy (non-hydrogen) atoms. The predicted octanol–water partition coefficient (Wildman–Crippen LogP) is 8.66. The van der Waals surface area contributed by atoms with Gasteiger partial charge in [0, 0.05) is 45.4 Å². The molecule has 1 aliphatic heterocycles. The van der Waals surface area contributed by atoms with Crippen molar-refractivity contribution in [2.75, 3.05) is 5.32 Å². The van der Waals surface area contributed by atoms with Crippen molar-refractivity contribution in [1.29, 1.82) is 0 Å². The first kappa shape index (κ1) is 19.1. The number of anilines is 2. The minimum atomic E-state index is 0.892. The molecule has 2 aromatic heterocycles. The van der Waals surface area contributed by atoms with Gasteiger partial charge < -0.3 is 9.73 Å². The molecule has 3 heterocycles. The van der Waals surface area contributed by atoms with E-state index in [2.05, 4.69) is 96.9 Å². The number of aromatic nitrogens is 1. The van der Waals surface area contributed by atoms with Crippen LogP contribution in [0.5, 0.6) is 0 Å². The van der Waals surface area contributed by atoms with Crippen LogP contribution in [-0.2, 0) is 0 Å². The number of pyridine rings is 1. The first-order valence-corrected chi connectivity index (χ1v) is 11.6. The molecule has 1 aliphatic rings. The fraction of sp³-hybridized carbons (Fsp3) is 0.0645. The standard InChI is InChI=1S/C31H22N2O/c1-18-10-12-27(32-17-18)20-11-13-28-24(14-20)21-7-5-8-22(19(21)2)25-15-26-23-6-3-4-9-30(23)34-31(26)16-29(25)33-28/h3-17,33H,1-2H3. The Morgan fingerprint density at radius 3 is 2.29 bits per heavy atom. The normalized spacial score (nSPS) is 12.1. The lowest BCUT2D eigenvalue weighted by Gasteiger charge is -2.23. The summed E-state index contributed by atoms with van der Waals surface area (Å²) < 4.78 is 6.20. The van der Waals surface area contributed by atoms with Gasteiger partial charge in [0.25, 0.3) is 0 Å². The maximum atomic E-state index is 6.20. The average molecular weight is 439 g/mol. The fourth-order valence-corrected chi connectivity index (χ4v) is 5.14. The highest BCUT2D eigenvalue weighted by atomic mass is 16.3. The Morgan fingerprint density at radius 1 is 0.647 bits per heavy atom. The number of fused-ring (bicyclic) bond motifs is 9. The molecule has 0 radical (unpaired) electrons. The van der Waals surface area contributed by atoms with Gasteiger partial charge in [-0.3, -0.25) is 4.98 Å². The lowest BCUT2D eigenvalue weighted by Crippen LogP contribution is -2.02. The van der Waals surface area contributed by atoms with E-state index in [1.54, 1.807) is 0 Å². The van der Waals surface area contributed by atoms with Gasteiger partial charge in [0.15, 0.2) is 0 Å². The van der Waals surface area contributed by atoms with Gasteiger partial charge in [0.1, 0.15) is 11.2 Å². The minimum Gasteiger partial charge on any atom is -0.456 e. The van der Waals surface area contributed by atoms with E-state index < -0.39 is 0 Å². The lowest BCUT2D eigenvalue weighted by atomic mass is 9.88. The summed E-state index contributed by atoms with van der Waals surface area (Å²) in [6, 6.07) is 30.0. The molecule has 0 fully saturated rings. The summed E-state index contributed by atoms with van der Waals surface area (Å²) in [5.41, 5.74) is 13.3. The van der Waals surface area contributed by atoms with Crippen LogP contribution in [0.2, 0.25) is 0 Å². The molecule has 0 unspecified atom stereocenters. The van der Waals surface area contributed by atoms with Gasteiger partial charge in [-0.15, -0.1) is 0 Å². The van der Waals surface area contributed by atoms with Gasteiger partial charge in [0.05, 0.1) is 11.4 Å². The molecule has 0 aliphatic carbocycles. The summed E-state index contributed by atoms with van der Waals surface area (Å²) in [6.07, 6.45) is 1.92. The number of hydrogen-bond acceptors (Lipinski definition) is 3. The SMILES string of the molecule is Cc1ccc(-c2ccc3c(c2)-c2cccc(c2C)-c2cc4c(cc2N3)oc2ccccc24)nc1.